The highest BCUT2D eigenvalue weighted by atomic mass is 19.4. The number of ether oxygens (including phenoxy) is 2. The van der Waals surface area contributed by atoms with Crippen LogP contribution < -0.4 is 15.0 Å². The Balaban J connectivity index is 2.24. The molecule has 28 heavy (non-hydrogen) atoms. The molecule has 0 radical (unpaired) electrons. The number of hydrogen-bond acceptors (Lipinski definition) is 5. The fourth-order valence-electron chi connectivity index (χ4n) is 2.14. The summed E-state index contributed by atoms with van der Waals surface area (Å²) in [6, 6.07) is 11.4. The molecule has 0 aliphatic carbocycles. The first-order valence-corrected chi connectivity index (χ1v) is 7.73. The van der Waals surface area contributed by atoms with Gasteiger partial charge >= 0.3 is 18.4 Å². The van der Waals surface area contributed by atoms with Crippen molar-refractivity contribution in [3.8, 4) is 11.8 Å². The van der Waals surface area contributed by atoms with Crippen LogP contribution in [0.5, 0.6) is 5.75 Å². The molecular weight excluding hydrogens is 379 g/mol. The molecule has 0 unspecified atom stereocenters. The molecule has 0 spiro atoms. The number of hydrogen-bond donors (Lipinski definition) is 1. The molecule has 2 amide bonds. The summed E-state index contributed by atoms with van der Waals surface area (Å²) in [5, 5.41) is 11.3. The molecule has 0 saturated heterocycles. The van der Waals surface area contributed by atoms with E-state index in [4.69, 9.17) is 10.00 Å². The van der Waals surface area contributed by atoms with E-state index in [0.29, 0.717) is 0 Å². The number of methoxy groups -OCH3 is 1. The summed E-state index contributed by atoms with van der Waals surface area (Å²) in [6.45, 7) is -0.528. The minimum absolute atomic E-state index is 0.00817. The van der Waals surface area contributed by atoms with Crippen molar-refractivity contribution in [1.29, 1.82) is 5.26 Å². The van der Waals surface area contributed by atoms with Crippen LogP contribution in [0.15, 0.2) is 48.5 Å². The molecule has 2 aromatic rings. The predicted octanol–water partition coefficient (Wildman–Crippen LogP) is 4.41. The zero-order valence-corrected chi connectivity index (χ0v) is 14.5. The lowest BCUT2D eigenvalue weighted by Crippen LogP contribution is -2.34. The van der Waals surface area contributed by atoms with Gasteiger partial charge in [-0.3, -0.25) is 10.2 Å². The van der Waals surface area contributed by atoms with Crippen molar-refractivity contribution in [2.24, 2.45) is 0 Å². The number of alkyl halides is 3. The minimum Gasteiger partial charge on any atom is -0.453 e. The number of carbonyl (C=O) groups excluding carboxylic acids is 2. The van der Waals surface area contributed by atoms with Crippen LogP contribution in [0.4, 0.5) is 34.1 Å². The van der Waals surface area contributed by atoms with E-state index in [9.17, 15) is 22.8 Å². The van der Waals surface area contributed by atoms with Gasteiger partial charge in [0.2, 0.25) is 0 Å². The van der Waals surface area contributed by atoms with E-state index < -0.39 is 30.5 Å². The summed E-state index contributed by atoms with van der Waals surface area (Å²) in [5.41, 5.74) is -0.849. The molecule has 2 rings (SSSR count). The monoisotopic (exact) mass is 393 g/mol. The van der Waals surface area contributed by atoms with Crippen LogP contribution in [0.2, 0.25) is 0 Å². The third-order valence-corrected chi connectivity index (χ3v) is 3.41. The Morgan fingerprint density at radius 3 is 2.54 bits per heavy atom. The number of anilines is 2. The maximum absolute atomic E-state index is 12.9. The second kappa shape index (κ2) is 8.77. The van der Waals surface area contributed by atoms with E-state index in [-0.39, 0.29) is 17.1 Å². The Morgan fingerprint density at radius 1 is 1.18 bits per heavy atom. The molecule has 0 aliphatic rings. The van der Waals surface area contributed by atoms with Crippen molar-refractivity contribution in [2.75, 3.05) is 23.9 Å². The quantitative estimate of drug-likeness (QED) is 0.777. The standard InChI is InChI=1S/C18H14F3N3O4/c1-27-16(25)23-13-5-3-7-15(11-13)28-17(26)24(9-8-22)14-6-2-4-12(10-14)18(19,20)21/h2-7,10-11H,9H2,1H3,(H,23,25). The van der Waals surface area contributed by atoms with Crippen LogP contribution in [0, 0.1) is 11.3 Å². The zero-order valence-electron chi connectivity index (χ0n) is 14.5. The molecule has 0 fully saturated rings. The summed E-state index contributed by atoms with van der Waals surface area (Å²) < 4.78 is 48.3. The fourth-order valence-corrected chi connectivity index (χ4v) is 2.14. The predicted molar refractivity (Wildman–Crippen MR) is 92.9 cm³/mol. The lowest BCUT2D eigenvalue weighted by Gasteiger charge is -2.20. The van der Waals surface area contributed by atoms with Crippen molar-refractivity contribution >= 4 is 23.6 Å². The summed E-state index contributed by atoms with van der Waals surface area (Å²) in [7, 11) is 1.17. The van der Waals surface area contributed by atoms with E-state index in [1.807, 2.05) is 0 Å². The second-order valence-corrected chi connectivity index (χ2v) is 5.30. The van der Waals surface area contributed by atoms with Crippen LogP contribution in [-0.2, 0) is 10.9 Å². The van der Waals surface area contributed by atoms with E-state index in [1.165, 1.54) is 37.4 Å². The van der Waals surface area contributed by atoms with Gasteiger partial charge in [0, 0.05) is 17.4 Å². The van der Waals surface area contributed by atoms with Gasteiger partial charge in [-0.1, -0.05) is 12.1 Å². The average molecular weight is 393 g/mol. The molecule has 1 N–H and O–H groups in total. The van der Waals surface area contributed by atoms with Crippen molar-refractivity contribution in [1.82, 2.24) is 0 Å². The van der Waals surface area contributed by atoms with Gasteiger partial charge in [0.1, 0.15) is 12.3 Å². The van der Waals surface area contributed by atoms with Crippen molar-refractivity contribution < 1.29 is 32.2 Å². The summed E-state index contributed by atoms with van der Waals surface area (Å²) >= 11 is 0. The number of nitrogens with one attached hydrogen (secondary N) is 1. The summed E-state index contributed by atoms with van der Waals surface area (Å²) in [4.78, 5) is 24.4. The maximum Gasteiger partial charge on any atom is 0.420 e. The molecule has 7 nitrogen and oxygen atoms in total. The third-order valence-electron chi connectivity index (χ3n) is 3.41. The van der Waals surface area contributed by atoms with Crippen LogP contribution in [0.1, 0.15) is 5.56 Å². The molecule has 10 heteroatoms. The topological polar surface area (TPSA) is 91.7 Å². The molecule has 0 bridgehead atoms. The smallest absolute Gasteiger partial charge is 0.420 e. The first-order chi connectivity index (χ1) is 13.2. The van der Waals surface area contributed by atoms with Gasteiger partial charge in [0.25, 0.3) is 0 Å². The Morgan fingerprint density at radius 2 is 1.89 bits per heavy atom. The van der Waals surface area contributed by atoms with E-state index in [1.54, 1.807) is 6.07 Å². The molecule has 0 aromatic heterocycles. The number of carbonyl (C=O) groups is 2. The van der Waals surface area contributed by atoms with Gasteiger partial charge in [0.15, 0.2) is 0 Å². The Hall–Kier alpha value is -3.74. The van der Waals surface area contributed by atoms with E-state index >= 15 is 0 Å². The van der Waals surface area contributed by atoms with Crippen molar-refractivity contribution in [3.05, 3.63) is 54.1 Å². The van der Waals surface area contributed by atoms with E-state index in [0.717, 1.165) is 23.1 Å². The molecule has 0 atom stereocenters. The number of nitriles is 1. The maximum atomic E-state index is 12.9. The summed E-state index contributed by atoms with van der Waals surface area (Å²) in [5.74, 6) is 0.00817. The van der Waals surface area contributed by atoms with Crippen molar-refractivity contribution in [3.63, 3.8) is 0 Å². The van der Waals surface area contributed by atoms with Gasteiger partial charge in [-0.25, -0.2) is 9.59 Å². The molecule has 146 valence electrons. The van der Waals surface area contributed by atoms with Crippen LogP contribution in [0.3, 0.4) is 0 Å². The number of rotatable bonds is 4. The zero-order chi connectivity index (χ0) is 20.7. The van der Waals surface area contributed by atoms with Gasteiger partial charge in [-0.05, 0) is 30.3 Å². The number of halogens is 3. The van der Waals surface area contributed by atoms with E-state index in [2.05, 4.69) is 10.1 Å². The largest absolute Gasteiger partial charge is 0.453 e. The normalized spacial score (nSPS) is 10.5. The molecule has 0 saturated carbocycles. The molecule has 0 heterocycles. The van der Waals surface area contributed by atoms with Crippen LogP contribution >= 0.6 is 0 Å². The Labute approximate surface area is 157 Å². The number of nitrogens with zero attached hydrogens (tertiary/aromatic N) is 2. The first kappa shape index (κ1) is 20.6. The van der Waals surface area contributed by atoms with Crippen molar-refractivity contribution in [2.45, 2.75) is 6.18 Å². The highest BCUT2D eigenvalue weighted by Gasteiger charge is 2.31. The SMILES string of the molecule is COC(=O)Nc1cccc(OC(=O)N(CC#N)c2cccc(C(F)(F)F)c2)c1. The average Bonchev–Trinajstić information content (AvgIpc) is 2.65. The molecular formula is C18H14F3N3O4. The van der Waals surface area contributed by atoms with Gasteiger partial charge in [0.05, 0.1) is 18.7 Å². The lowest BCUT2D eigenvalue weighted by atomic mass is 10.2. The van der Waals surface area contributed by atoms with Gasteiger partial charge < -0.3 is 9.47 Å². The third kappa shape index (κ3) is 5.38. The lowest BCUT2D eigenvalue weighted by molar-refractivity contribution is -0.137. The van der Waals surface area contributed by atoms with Gasteiger partial charge in [-0.15, -0.1) is 0 Å². The van der Waals surface area contributed by atoms with Crippen LogP contribution in [0.25, 0.3) is 0 Å². The summed E-state index contributed by atoms with van der Waals surface area (Å²) in [6.07, 6.45) is -6.40. The minimum atomic E-state index is -4.61. The fraction of sp³-hybridized carbons (Fsp3) is 0.167. The Bertz CT molecular complexity index is 909. The number of benzene rings is 2. The number of amides is 2. The highest BCUT2D eigenvalue weighted by Crippen LogP contribution is 2.32. The molecule has 2 aromatic carbocycles. The Kier molecular flexibility index (Phi) is 6.44. The second-order valence-electron chi connectivity index (χ2n) is 5.30. The first-order valence-electron chi connectivity index (χ1n) is 7.73. The molecule has 0 aliphatic heterocycles. The van der Waals surface area contributed by atoms with Crippen LogP contribution in [-0.4, -0.2) is 25.8 Å². The van der Waals surface area contributed by atoms with Gasteiger partial charge in [-0.2, -0.15) is 18.4 Å². The highest BCUT2D eigenvalue weighted by molar-refractivity contribution is 5.90.